The van der Waals surface area contributed by atoms with Crippen molar-refractivity contribution in [1.29, 1.82) is 0 Å². The molecule has 0 atom stereocenters. The van der Waals surface area contributed by atoms with Gasteiger partial charge < -0.3 is 15.4 Å². The zero-order chi connectivity index (χ0) is 15.1. The van der Waals surface area contributed by atoms with Gasteiger partial charge in [-0.05, 0) is 54.9 Å². The molecular formula is C17H26N2O2. The Bertz CT molecular complexity index is 472. The smallest absolute Gasteiger partial charge is 0.319 e. The molecule has 1 aliphatic carbocycles. The van der Waals surface area contributed by atoms with Crippen molar-refractivity contribution in [3.05, 3.63) is 29.3 Å². The predicted molar refractivity (Wildman–Crippen MR) is 85.8 cm³/mol. The number of urea groups is 1. The molecule has 4 nitrogen and oxygen atoms in total. The standard InChI is InChI=1S/C17H26N2O2/c1-13(2)12-21-10-4-9-18-17(20)19-16-8-7-14-5-3-6-15(14)11-16/h7-8,11,13H,3-6,9-10,12H2,1-2H3,(H2,18,19,20). The molecule has 4 heteroatoms. The van der Waals surface area contributed by atoms with Crippen LogP contribution in [-0.2, 0) is 17.6 Å². The van der Waals surface area contributed by atoms with Crippen LogP contribution in [0.1, 0.15) is 37.8 Å². The lowest BCUT2D eigenvalue weighted by atomic mass is 10.1. The number of aryl methyl sites for hydroxylation is 2. The maximum atomic E-state index is 11.8. The molecule has 2 N–H and O–H groups in total. The van der Waals surface area contributed by atoms with E-state index < -0.39 is 0 Å². The van der Waals surface area contributed by atoms with Gasteiger partial charge in [0.05, 0.1) is 0 Å². The van der Waals surface area contributed by atoms with Gasteiger partial charge in [0, 0.05) is 25.4 Å². The van der Waals surface area contributed by atoms with E-state index in [-0.39, 0.29) is 6.03 Å². The van der Waals surface area contributed by atoms with E-state index in [1.54, 1.807) is 0 Å². The van der Waals surface area contributed by atoms with Crippen molar-refractivity contribution in [2.45, 2.75) is 39.5 Å². The topological polar surface area (TPSA) is 50.4 Å². The maximum absolute atomic E-state index is 11.8. The van der Waals surface area contributed by atoms with Gasteiger partial charge in [-0.2, -0.15) is 0 Å². The van der Waals surface area contributed by atoms with Crippen LogP contribution in [0.3, 0.4) is 0 Å². The molecule has 116 valence electrons. The molecule has 0 spiro atoms. The lowest BCUT2D eigenvalue weighted by molar-refractivity contribution is 0.108. The molecule has 0 heterocycles. The van der Waals surface area contributed by atoms with Crippen LogP contribution in [0, 0.1) is 5.92 Å². The van der Waals surface area contributed by atoms with E-state index in [9.17, 15) is 4.79 Å². The molecule has 2 rings (SSSR count). The number of hydrogen-bond donors (Lipinski definition) is 2. The molecule has 1 aromatic carbocycles. The largest absolute Gasteiger partial charge is 0.381 e. The second kappa shape index (κ2) is 8.03. The summed E-state index contributed by atoms with van der Waals surface area (Å²) in [6, 6.07) is 6.05. The van der Waals surface area contributed by atoms with Crippen LogP contribution >= 0.6 is 0 Å². The molecule has 0 fully saturated rings. The molecular weight excluding hydrogens is 264 g/mol. The minimum Gasteiger partial charge on any atom is -0.381 e. The van der Waals surface area contributed by atoms with Crippen molar-refractivity contribution in [3.63, 3.8) is 0 Å². The SMILES string of the molecule is CC(C)COCCCNC(=O)Nc1ccc2c(c1)CCC2. The Morgan fingerprint density at radius 2 is 2.10 bits per heavy atom. The molecule has 2 amide bonds. The summed E-state index contributed by atoms with van der Waals surface area (Å²) in [4.78, 5) is 11.8. The molecule has 0 saturated heterocycles. The Balaban J connectivity index is 1.63. The van der Waals surface area contributed by atoms with Gasteiger partial charge in [-0.25, -0.2) is 4.79 Å². The second-order valence-corrected chi connectivity index (χ2v) is 6.04. The molecule has 0 aliphatic heterocycles. The molecule has 21 heavy (non-hydrogen) atoms. The fourth-order valence-corrected chi connectivity index (χ4v) is 2.52. The summed E-state index contributed by atoms with van der Waals surface area (Å²) in [5.41, 5.74) is 3.67. The van der Waals surface area contributed by atoms with Gasteiger partial charge in [0.15, 0.2) is 0 Å². The minimum absolute atomic E-state index is 0.142. The number of amides is 2. The summed E-state index contributed by atoms with van der Waals surface area (Å²) in [6.45, 7) is 6.36. The summed E-state index contributed by atoms with van der Waals surface area (Å²) in [5.74, 6) is 0.557. The van der Waals surface area contributed by atoms with Crippen LogP contribution in [0.4, 0.5) is 10.5 Å². The van der Waals surface area contributed by atoms with Crippen molar-refractivity contribution in [1.82, 2.24) is 5.32 Å². The van der Waals surface area contributed by atoms with Crippen molar-refractivity contribution < 1.29 is 9.53 Å². The summed E-state index contributed by atoms with van der Waals surface area (Å²) < 4.78 is 5.47. The van der Waals surface area contributed by atoms with Gasteiger partial charge in [-0.3, -0.25) is 0 Å². The van der Waals surface area contributed by atoms with Crippen LogP contribution in [0.15, 0.2) is 18.2 Å². The third kappa shape index (κ3) is 5.38. The highest BCUT2D eigenvalue weighted by molar-refractivity contribution is 5.89. The number of carbonyl (C=O) groups is 1. The quantitative estimate of drug-likeness (QED) is 0.757. The summed E-state index contributed by atoms with van der Waals surface area (Å²) in [6.07, 6.45) is 4.35. The van der Waals surface area contributed by atoms with Crippen LogP contribution in [0.25, 0.3) is 0 Å². The van der Waals surface area contributed by atoms with Gasteiger partial charge in [0.25, 0.3) is 0 Å². The Kier molecular flexibility index (Phi) is 6.05. The van der Waals surface area contributed by atoms with Gasteiger partial charge in [0.2, 0.25) is 0 Å². The number of nitrogens with one attached hydrogen (secondary N) is 2. The first-order valence-corrected chi connectivity index (χ1v) is 7.89. The second-order valence-electron chi connectivity index (χ2n) is 6.04. The van der Waals surface area contributed by atoms with Crippen LogP contribution in [0.2, 0.25) is 0 Å². The van der Waals surface area contributed by atoms with E-state index in [1.807, 2.05) is 6.07 Å². The molecule has 0 unspecified atom stereocenters. The van der Waals surface area contributed by atoms with E-state index >= 15 is 0 Å². The van der Waals surface area contributed by atoms with E-state index in [1.165, 1.54) is 17.5 Å². The zero-order valence-corrected chi connectivity index (χ0v) is 13.1. The van der Waals surface area contributed by atoms with Crippen LogP contribution in [-0.4, -0.2) is 25.8 Å². The number of fused-ring (bicyclic) bond motifs is 1. The van der Waals surface area contributed by atoms with Crippen molar-refractivity contribution >= 4 is 11.7 Å². The number of anilines is 1. The third-order valence-electron chi connectivity index (χ3n) is 3.56. The Morgan fingerprint density at radius 3 is 2.90 bits per heavy atom. The first-order valence-electron chi connectivity index (χ1n) is 7.89. The predicted octanol–water partition coefficient (Wildman–Crippen LogP) is 3.36. The average Bonchev–Trinajstić information content (AvgIpc) is 2.89. The lowest BCUT2D eigenvalue weighted by Gasteiger charge is -2.10. The molecule has 1 aliphatic rings. The lowest BCUT2D eigenvalue weighted by Crippen LogP contribution is -2.30. The summed E-state index contributed by atoms with van der Waals surface area (Å²) in [5, 5.41) is 5.75. The number of hydrogen-bond acceptors (Lipinski definition) is 2. The highest BCUT2D eigenvalue weighted by atomic mass is 16.5. The van der Waals surface area contributed by atoms with Gasteiger partial charge in [0.1, 0.15) is 0 Å². The number of rotatable bonds is 7. The summed E-state index contributed by atoms with van der Waals surface area (Å²) >= 11 is 0. The van der Waals surface area contributed by atoms with Crippen molar-refractivity contribution in [2.75, 3.05) is 25.1 Å². The monoisotopic (exact) mass is 290 g/mol. The number of benzene rings is 1. The minimum atomic E-state index is -0.142. The van der Waals surface area contributed by atoms with Gasteiger partial charge in [-0.15, -0.1) is 0 Å². The fraction of sp³-hybridized carbons (Fsp3) is 0.588. The van der Waals surface area contributed by atoms with Crippen LogP contribution in [0.5, 0.6) is 0 Å². The molecule has 0 bridgehead atoms. The Labute approximate surface area is 127 Å². The molecule has 0 aromatic heterocycles. The number of carbonyl (C=O) groups excluding carboxylic acids is 1. The van der Waals surface area contributed by atoms with E-state index in [0.29, 0.717) is 19.1 Å². The number of ether oxygens (including phenoxy) is 1. The summed E-state index contributed by atoms with van der Waals surface area (Å²) in [7, 11) is 0. The van der Waals surface area contributed by atoms with Gasteiger partial charge in [-0.1, -0.05) is 19.9 Å². The van der Waals surface area contributed by atoms with Crippen LogP contribution < -0.4 is 10.6 Å². The fourth-order valence-electron chi connectivity index (χ4n) is 2.52. The average molecular weight is 290 g/mol. The third-order valence-corrected chi connectivity index (χ3v) is 3.56. The highest BCUT2D eigenvalue weighted by Gasteiger charge is 2.11. The first-order chi connectivity index (χ1) is 10.1. The Morgan fingerprint density at radius 1 is 1.29 bits per heavy atom. The normalized spacial score (nSPS) is 13.3. The van der Waals surface area contributed by atoms with Gasteiger partial charge >= 0.3 is 6.03 Å². The van der Waals surface area contributed by atoms with Crippen molar-refractivity contribution in [2.24, 2.45) is 5.92 Å². The maximum Gasteiger partial charge on any atom is 0.319 e. The van der Waals surface area contributed by atoms with Crippen molar-refractivity contribution in [3.8, 4) is 0 Å². The Hall–Kier alpha value is -1.55. The first kappa shape index (κ1) is 15.8. The molecule has 0 saturated carbocycles. The zero-order valence-electron chi connectivity index (χ0n) is 13.1. The molecule has 0 radical (unpaired) electrons. The molecule has 1 aromatic rings. The van der Waals surface area contributed by atoms with E-state index in [0.717, 1.165) is 31.6 Å². The van der Waals surface area contributed by atoms with E-state index in [2.05, 4.69) is 36.6 Å². The highest BCUT2D eigenvalue weighted by Crippen LogP contribution is 2.24. The van der Waals surface area contributed by atoms with E-state index in [4.69, 9.17) is 4.74 Å².